The Bertz CT molecular complexity index is 486. The molecule has 1 heterocycles. The van der Waals surface area contributed by atoms with E-state index in [9.17, 15) is 9.59 Å². The number of primary amides is 1. The van der Waals surface area contributed by atoms with Crippen LogP contribution in [0.15, 0.2) is 0 Å². The van der Waals surface area contributed by atoms with Gasteiger partial charge < -0.3 is 22.1 Å². The van der Waals surface area contributed by atoms with E-state index in [2.05, 4.69) is 11.8 Å². The highest BCUT2D eigenvalue weighted by Gasteiger charge is 2.27. The average Bonchev–Trinajstić information content (AvgIpc) is 2.75. The average molecular weight is 439 g/mol. The molecule has 3 unspecified atom stereocenters. The number of rotatable bonds is 18. The molecule has 0 aromatic heterocycles. The number of carbonyl (C=O) groups is 2. The van der Waals surface area contributed by atoms with Crippen LogP contribution in [-0.4, -0.2) is 41.4 Å². The van der Waals surface area contributed by atoms with E-state index in [1.807, 2.05) is 0 Å². The number of piperidine rings is 1. The maximum absolute atomic E-state index is 12.8. The van der Waals surface area contributed by atoms with Gasteiger partial charge in [0.2, 0.25) is 11.8 Å². The van der Waals surface area contributed by atoms with E-state index in [4.69, 9.17) is 17.2 Å². The van der Waals surface area contributed by atoms with Gasteiger partial charge in [-0.2, -0.15) is 0 Å². The lowest BCUT2D eigenvalue weighted by atomic mass is 9.93. The predicted octanol–water partition coefficient (Wildman–Crippen LogP) is 4.38. The number of amides is 2. The van der Waals surface area contributed by atoms with Crippen LogP contribution < -0.4 is 17.2 Å². The molecule has 6 N–H and O–H groups in total. The molecule has 0 radical (unpaired) electrons. The van der Waals surface area contributed by atoms with Crippen molar-refractivity contribution in [1.29, 1.82) is 0 Å². The summed E-state index contributed by atoms with van der Waals surface area (Å²) in [6, 6.07) is -0.277. The summed E-state index contributed by atoms with van der Waals surface area (Å²) in [4.78, 5) is 26.0. The van der Waals surface area contributed by atoms with Gasteiger partial charge in [-0.25, -0.2) is 0 Å². The zero-order valence-electron chi connectivity index (χ0n) is 20.2. The second kappa shape index (κ2) is 17.4. The fourth-order valence-corrected chi connectivity index (χ4v) is 4.69. The maximum Gasteiger partial charge on any atom is 0.234 e. The van der Waals surface area contributed by atoms with Crippen LogP contribution in [0.5, 0.6) is 0 Å². The Labute approximate surface area is 191 Å². The molecule has 0 bridgehead atoms. The normalized spacial score (nSPS) is 18.7. The van der Waals surface area contributed by atoms with Crippen molar-refractivity contribution in [2.24, 2.45) is 17.2 Å². The van der Waals surface area contributed by atoms with Gasteiger partial charge in [-0.05, 0) is 51.4 Å². The lowest BCUT2D eigenvalue weighted by molar-refractivity contribution is -0.135. The third kappa shape index (κ3) is 13.1. The molecule has 1 aliphatic heterocycles. The summed E-state index contributed by atoms with van der Waals surface area (Å²) in [5.41, 5.74) is 17.2. The van der Waals surface area contributed by atoms with Crippen LogP contribution in [0.1, 0.15) is 122 Å². The van der Waals surface area contributed by atoms with Gasteiger partial charge in [0.1, 0.15) is 0 Å². The van der Waals surface area contributed by atoms with E-state index in [0.717, 1.165) is 45.1 Å². The highest BCUT2D eigenvalue weighted by atomic mass is 16.2. The van der Waals surface area contributed by atoms with Gasteiger partial charge in [0, 0.05) is 25.0 Å². The minimum absolute atomic E-state index is 0.0378. The lowest BCUT2D eigenvalue weighted by Gasteiger charge is -2.37. The summed E-state index contributed by atoms with van der Waals surface area (Å²) in [5, 5.41) is 0. The van der Waals surface area contributed by atoms with Crippen molar-refractivity contribution >= 4 is 11.8 Å². The molecule has 0 aliphatic carbocycles. The molecule has 3 atom stereocenters. The molecule has 1 rings (SSSR count). The summed E-state index contributed by atoms with van der Waals surface area (Å²) in [7, 11) is 0. The van der Waals surface area contributed by atoms with Crippen molar-refractivity contribution in [2.45, 2.75) is 141 Å². The predicted molar refractivity (Wildman–Crippen MR) is 129 cm³/mol. The van der Waals surface area contributed by atoms with E-state index in [0.29, 0.717) is 18.7 Å². The van der Waals surface area contributed by atoms with Crippen molar-refractivity contribution in [3.8, 4) is 0 Å². The quantitative estimate of drug-likeness (QED) is 0.275. The van der Waals surface area contributed by atoms with E-state index in [1.54, 1.807) is 0 Å². The van der Waals surface area contributed by atoms with Gasteiger partial charge in [-0.15, -0.1) is 0 Å². The zero-order chi connectivity index (χ0) is 22.9. The summed E-state index contributed by atoms with van der Waals surface area (Å²) in [5.74, 6) is -0.142. The topological polar surface area (TPSA) is 115 Å². The molecule has 1 aliphatic rings. The van der Waals surface area contributed by atoms with Crippen molar-refractivity contribution in [3.05, 3.63) is 0 Å². The van der Waals surface area contributed by atoms with Crippen LogP contribution in [0.2, 0.25) is 0 Å². The number of nitrogens with two attached hydrogens (primary N) is 3. The van der Waals surface area contributed by atoms with Crippen LogP contribution in [0.25, 0.3) is 0 Å². The highest BCUT2D eigenvalue weighted by Crippen LogP contribution is 2.23. The Morgan fingerprint density at radius 3 is 2.10 bits per heavy atom. The van der Waals surface area contributed by atoms with E-state index in [-0.39, 0.29) is 12.1 Å². The van der Waals surface area contributed by atoms with Gasteiger partial charge in [-0.1, -0.05) is 64.7 Å². The molecule has 0 aromatic carbocycles. The van der Waals surface area contributed by atoms with Crippen LogP contribution in [-0.2, 0) is 9.59 Å². The number of nitrogens with zero attached hydrogens (tertiary/aromatic N) is 1. The molecule has 182 valence electrons. The fourth-order valence-electron chi connectivity index (χ4n) is 4.69. The fraction of sp³-hybridized carbons (Fsp3) is 0.920. The third-order valence-electron chi connectivity index (χ3n) is 6.72. The molecule has 0 saturated carbocycles. The molecule has 31 heavy (non-hydrogen) atoms. The van der Waals surface area contributed by atoms with Gasteiger partial charge in [0.15, 0.2) is 0 Å². The van der Waals surface area contributed by atoms with Crippen molar-refractivity contribution in [2.75, 3.05) is 6.54 Å². The van der Waals surface area contributed by atoms with E-state index < -0.39 is 11.9 Å². The van der Waals surface area contributed by atoms with Gasteiger partial charge in [0.25, 0.3) is 0 Å². The molecule has 0 spiro atoms. The van der Waals surface area contributed by atoms with Crippen LogP contribution in [0, 0.1) is 0 Å². The molecule has 0 aromatic rings. The number of hydrogen-bond acceptors (Lipinski definition) is 4. The van der Waals surface area contributed by atoms with Gasteiger partial charge in [0.05, 0.1) is 6.04 Å². The lowest BCUT2D eigenvalue weighted by Crippen LogP contribution is -2.46. The Kier molecular flexibility index (Phi) is 15.7. The second-order valence-electron chi connectivity index (χ2n) is 9.60. The Balaban J connectivity index is 2.20. The first kappa shape index (κ1) is 27.9. The minimum Gasteiger partial charge on any atom is -0.368 e. The first-order valence-electron chi connectivity index (χ1n) is 13.1. The summed E-state index contributed by atoms with van der Waals surface area (Å²) < 4.78 is 0. The smallest absolute Gasteiger partial charge is 0.234 e. The Hall–Kier alpha value is -1.14. The highest BCUT2D eigenvalue weighted by molar-refractivity contribution is 5.79. The summed E-state index contributed by atoms with van der Waals surface area (Å²) in [6.45, 7) is 3.13. The first-order valence-corrected chi connectivity index (χ1v) is 13.1. The Morgan fingerprint density at radius 2 is 1.48 bits per heavy atom. The number of unbranched alkanes of at least 4 members (excludes halogenated alkanes) is 9. The monoisotopic (exact) mass is 438 g/mol. The third-order valence-corrected chi connectivity index (χ3v) is 6.72. The van der Waals surface area contributed by atoms with Crippen molar-refractivity contribution in [1.82, 2.24) is 4.90 Å². The Morgan fingerprint density at radius 1 is 0.871 bits per heavy atom. The molecule has 1 saturated heterocycles. The largest absolute Gasteiger partial charge is 0.368 e. The SMILES string of the molecule is CCCCCCCCCCCCC(=O)N1CCCCC1CC(N)CCCC(N)C(N)=O. The standard InChI is InChI=1S/C25H50N4O2/c1-2-3-4-5-6-7-8-9-10-11-18-24(30)29-19-13-12-16-22(29)20-21(26)15-14-17-23(27)25(28)31/h21-23H,2-20,26-27H2,1H3,(H2,28,31). The zero-order valence-corrected chi connectivity index (χ0v) is 20.2. The van der Waals surface area contributed by atoms with Gasteiger partial charge >= 0.3 is 0 Å². The molecule has 1 fully saturated rings. The number of carbonyl (C=O) groups excluding carboxylic acids is 2. The molecular weight excluding hydrogens is 388 g/mol. The molecular formula is C25H50N4O2. The van der Waals surface area contributed by atoms with Crippen LogP contribution in [0.4, 0.5) is 0 Å². The number of hydrogen-bond donors (Lipinski definition) is 3. The van der Waals surface area contributed by atoms with Crippen LogP contribution >= 0.6 is 0 Å². The van der Waals surface area contributed by atoms with Gasteiger partial charge in [-0.3, -0.25) is 9.59 Å². The summed E-state index contributed by atoms with van der Waals surface area (Å²) >= 11 is 0. The number of likely N-dealkylation sites (tertiary alicyclic amines) is 1. The van der Waals surface area contributed by atoms with Crippen molar-refractivity contribution < 1.29 is 9.59 Å². The van der Waals surface area contributed by atoms with Crippen LogP contribution in [0.3, 0.4) is 0 Å². The first-order chi connectivity index (χ1) is 15.0. The maximum atomic E-state index is 12.8. The van der Waals surface area contributed by atoms with E-state index in [1.165, 1.54) is 64.2 Å². The molecule has 6 nitrogen and oxygen atoms in total. The minimum atomic E-state index is -0.582. The van der Waals surface area contributed by atoms with E-state index >= 15 is 0 Å². The second-order valence-corrected chi connectivity index (χ2v) is 9.60. The molecule has 6 heteroatoms. The summed E-state index contributed by atoms with van der Waals surface area (Å²) in [6.07, 6.45) is 19.9. The van der Waals surface area contributed by atoms with Crippen molar-refractivity contribution in [3.63, 3.8) is 0 Å². The molecule has 2 amide bonds.